The number of hydrogen-bond donors (Lipinski definition) is 1. The maximum Gasteiger partial charge on any atom is 0.220 e. The number of ketones is 1. The summed E-state index contributed by atoms with van der Waals surface area (Å²) in [6, 6.07) is 13.9. The molecular formula is C22H27NO2. The highest BCUT2D eigenvalue weighted by Crippen LogP contribution is 2.18. The van der Waals surface area contributed by atoms with Crippen LogP contribution in [0.15, 0.2) is 42.5 Å². The van der Waals surface area contributed by atoms with Crippen LogP contribution >= 0.6 is 0 Å². The first-order chi connectivity index (χ1) is 11.9. The molecule has 2 aromatic carbocycles. The van der Waals surface area contributed by atoms with E-state index in [0.29, 0.717) is 5.56 Å². The van der Waals surface area contributed by atoms with Crippen molar-refractivity contribution in [3.63, 3.8) is 0 Å². The highest BCUT2D eigenvalue weighted by atomic mass is 16.2. The van der Waals surface area contributed by atoms with Gasteiger partial charge in [-0.1, -0.05) is 48.9 Å². The Bertz CT molecular complexity index is 747. The first-order valence-corrected chi connectivity index (χ1v) is 8.87. The Morgan fingerprint density at radius 1 is 0.920 bits per heavy atom. The van der Waals surface area contributed by atoms with Gasteiger partial charge in [0.25, 0.3) is 0 Å². The second-order valence-corrected chi connectivity index (χ2v) is 6.66. The minimum absolute atomic E-state index is 0.00942. The highest BCUT2D eigenvalue weighted by Gasteiger charge is 2.14. The van der Waals surface area contributed by atoms with Gasteiger partial charge in [0.1, 0.15) is 0 Å². The number of benzene rings is 2. The second-order valence-electron chi connectivity index (χ2n) is 6.66. The van der Waals surface area contributed by atoms with E-state index in [1.165, 1.54) is 5.56 Å². The molecule has 0 aliphatic carbocycles. The number of Topliss-reactive ketones (excluding diaryl/α,β-unsaturated/α-hetero) is 1. The summed E-state index contributed by atoms with van der Waals surface area (Å²) in [5, 5.41) is 3.04. The maximum atomic E-state index is 12.3. The summed E-state index contributed by atoms with van der Waals surface area (Å²) < 4.78 is 0. The van der Waals surface area contributed by atoms with Crippen LogP contribution in [0.2, 0.25) is 0 Å². The molecule has 3 nitrogen and oxygen atoms in total. The summed E-state index contributed by atoms with van der Waals surface area (Å²) in [5.74, 6) is -0.0637. The zero-order valence-corrected chi connectivity index (χ0v) is 15.6. The monoisotopic (exact) mass is 337 g/mol. The maximum absolute atomic E-state index is 12.3. The van der Waals surface area contributed by atoms with Gasteiger partial charge in [0, 0.05) is 18.4 Å². The Hall–Kier alpha value is -2.42. The first-order valence-electron chi connectivity index (χ1n) is 8.87. The van der Waals surface area contributed by atoms with Crippen molar-refractivity contribution in [2.45, 2.75) is 53.0 Å². The number of carbonyl (C=O) groups excluding carboxylic acids is 2. The summed E-state index contributed by atoms with van der Waals surface area (Å²) >= 11 is 0. The Kier molecular flexibility index (Phi) is 6.51. The molecule has 0 saturated heterocycles. The summed E-state index contributed by atoms with van der Waals surface area (Å²) in [4.78, 5) is 24.5. The number of hydrogen-bond acceptors (Lipinski definition) is 2. The van der Waals surface area contributed by atoms with E-state index in [4.69, 9.17) is 0 Å². The van der Waals surface area contributed by atoms with Crippen LogP contribution in [0.25, 0.3) is 0 Å². The summed E-state index contributed by atoms with van der Waals surface area (Å²) in [7, 11) is 0. The molecule has 0 radical (unpaired) electrons. The predicted molar refractivity (Wildman–Crippen MR) is 102 cm³/mol. The number of rotatable bonds is 7. The van der Waals surface area contributed by atoms with Crippen molar-refractivity contribution >= 4 is 11.7 Å². The molecular weight excluding hydrogens is 310 g/mol. The third kappa shape index (κ3) is 5.28. The third-order valence-electron chi connectivity index (χ3n) is 4.63. The molecule has 0 aliphatic heterocycles. The predicted octanol–water partition coefficient (Wildman–Crippen LogP) is 4.84. The average Bonchev–Trinajstić information content (AvgIpc) is 2.60. The smallest absolute Gasteiger partial charge is 0.220 e. The highest BCUT2D eigenvalue weighted by molar-refractivity contribution is 5.98. The van der Waals surface area contributed by atoms with Crippen LogP contribution < -0.4 is 5.32 Å². The van der Waals surface area contributed by atoms with E-state index >= 15 is 0 Å². The van der Waals surface area contributed by atoms with Gasteiger partial charge in [-0.15, -0.1) is 0 Å². The fraction of sp³-hybridized carbons (Fsp3) is 0.364. The SMILES string of the molecule is CC[C@@H](NC(=O)CCC(=O)c1ccc(C)c(C)c1)c1ccc(C)cc1. The molecule has 0 aromatic heterocycles. The minimum Gasteiger partial charge on any atom is -0.349 e. The van der Waals surface area contributed by atoms with Crippen molar-refractivity contribution in [2.75, 3.05) is 0 Å². The lowest BCUT2D eigenvalue weighted by atomic mass is 10.0. The molecule has 2 aromatic rings. The van der Waals surface area contributed by atoms with Gasteiger partial charge in [-0.05, 0) is 49.9 Å². The fourth-order valence-corrected chi connectivity index (χ4v) is 2.77. The van der Waals surface area contributed by atoms with Crippen LogP contribution in [0.5, 0.6) is 0 Å². The molecule has 1 amide bonds. The Morgan fingerprint density at radius 2 is 1.60 bits per heavy atom. The van der Waals surface area contributed by atoms with Crippen LogP contribution in [0.4, 0.5) is 0 Å². The van der Waals surface area contributed by atoms with E-state index in [0.717, 1.165) is 23.1 Å². The number of carbonyl (C=O) groups is 2. The molecule has 0 bridgehead atoms. The zero-order valence-electron chi connectivity index (χ0n) is 15.6. The standard InChI is InChI=1S/C22H27NO2/c1-5-20(18-9-6-15(2)7-10-18)23-22(25)13-12-21(24)19-11-8-16(3)17(4)14-19/h6-11,14,20H,5,12-13H2,1-4H3,(H,23,25)/t20-/m1/s1. The normalized spacial score (nSPS) is 11.8. The van der Waals surface area contributed by atoms with Crippen LogP contribution in [-0.4, -0.2) is 11.7 Å². The molecule has 1 atom stereocenters. The third-order valence-corrected chi connectivity index (χ3v) is 4.63. The largest absolute Gasteiger partial charge is 0.349 e. The summed E-state index contributed by atoms with van der Waals surface area (Å²) in [5.41, 5.74) is 5.24. The van der Waals surface area contributed by atoms with Crippen molar-refractivity contribution in [1.29, 1.82) is 0 Å². The second kappa shape index (κ2) is 8.61. The lowest BCUT2D eigenvalue weighted by Gasteiger charge is -2.17. The molecule has 0 saturated carbocycles. The van der Waals surface area contributed by atoms with Crippen molar-refractivity contribution in [3.05, 3.63) is 70.3 Å². The molecule has 132 valence electrons. The molecule has 0 heterocycles. The Balaban J connectivity index is 1.91. The van der Waals surface area contributed by atoms with Crippen molar-refractivity contribution in [2.24, 2.45) is 0 Å². The van der Waals surface area contributed by atoms with E-state index in [2.05, 4.69) is 5.32 Å². The Labute approximate surface area is 150 Å². The quantitative estimate of drug-likeness (QED) is 0.735. The molecule has 0 unspecified atom stereocenters. The van der Waals surface area contributed by atoms with E-state index in [1.54, 1.807) is 0 Å². The zero-order chi connectivity index (χ0) is 18.4. The summed E-state index contributed by atoms with van der Waals surface area (Å²) in [6.45, 7) is 8.10. The Morgan fingerprint density at radius 3 is 2.20 bits per heavy atom. The topological polar surface area (TPSA) is 46.2 Å². The number of amides is 1. The van der Waals surface area contributed by atoms with Crippen LogP contribution in [0.3, 0.4) is 0 Å². The molecule has 2 rings (SSSR count). The van der Waals surface area contributed by atoms with Gasteiger partial charge in [0.15, 0.2) is 5.78 Å². The van der Waals surface area contributed by atoms with Crippen LogP contribution in [-0.2, 0) is 4.79 Å². The first kappa shape index (κ1) is 18.9. The molecule has 0 spiro atoms. The van der Waals surface area contributed by atoms with E-state index in [1.807, 2.05) is 70.2 Å². The van der Waals surface area contributed by atoms with Crippen molar-refractivity contribution in [1.82, 2.24) is 5.32 Å². The molecule has 1 N–H and O–H groups in total. The lowest BCUT2D eigenvalue weighted by Crippen LogP contribution is -2.28. The molecule has 0 fully saturated rings. The van der Waals surface area contributed by atoms with Crippen molar-refractivity contribution in [3.8, 4) is 0 Å². The van der Waals surface area contributed by atoms with Gasteiger partial charge in [-0.25, -0.2) is 0 Å². The van der Waals surface area contributed by atoms with E-state index in [9.17, 15) is 9.59 Å². The van der Waals surface area contributed by atoms with E-state index in [-0.39, 0.29) is 30.6 Å². The average molecular weight is 337 g/mol. The van der Waals surface area contributed by atoms with Crippen LogP contribution in [0, 0.1) is 20.8 Å². The molecule has 0 aliphatic rings. The van der Waals surface area contributed by atoms with Gasteiger partial charge >= 0.3 is 0 Å². The molecule has 25 heavy (non-hydrogen) atoms. The summed E-state index contributed by atoms with van der Waals surface area (Å²) in [6.07, 6.45) is 1.27. The van der Waals surface area contributed by atoms with Gasteiger partial charge in [-0.3, -0.25) is 9.59 Å². The van der Waals surface area contributed by atoms with Gasteiger partial charge in [0.05, 0.1) is 6.04 Å². The van der Waals surface area contributed by atoms with Gasteiger partial charge in [-0.2, -0.15) is 0 Å². The minimum atomic E-state index is -0.0791. The number of aryl methyl sites for hydroxylation is 3. The lowest BCUT2D eigenvalue weighted by molar-refractivity contribution is -0.121. The van der Waals surface area contributed by atoms with Crippen molar-refractivity contribution < 1.29 is 9.59 Å². The van der Waals surface area contributed by atoms with Gasteiger partial charge < -0.3 is 5.32 Å². The van der Waals surface area contributed by atoms with E-state index < -0.39 is 0 Å². The van der Waals surface area contributed by atoms with Crippen LogP contribution in [0.1, 0.15) is 64.8 Å². The fourth-order valence-electron chi connectivity index (χ4n) is 2.77. The number of nitrogens with one attached hydrogen (secondary N) is 1. The molecule has 3 heteroatoms. The van der Waals surface area contributed by atoms with Gasteiger partial charge in [0.2, 0.25) is 5.91 Å².